The molecule has 1 atom stereocenters. The van der Waals surface area contributed by atoms with Crippen molar-refractivity contribution in [3.63, 3.8) is 0 Å². The lowest BCUT2D eigenvalue weighted by molar-refractivity contribution is 0.273. The summed E-state index contributed by atoms with van der Waals surface area (Å²) in [5.74, 6) is 0.954. The Morgan fingerprint density at radius 3 is 2.47 bits per heavy atom. The molecule has 0 aromatic rings. The van der Waals surface area contributed by atoms with Gasteiger partial charge in [-0.2, -0.15) is 0 Å². The zero-order valence-corrected chi connectivity index (χ0v) is 11.6. The maximum Gasteiger partial charge on any atom is 0.00670 e. The van der Waals surface area contributed by atoms with E-state index in [2.05, 4.69) is 17.1 Å². The van der Waals surface area contributed by atoms with Gasteiger partial charge >= 0.3 is 0 Å². The van der Waals surface area contributed by atoms with Crippen molar-refractivity contribution >= 4 is 0 Å². The van der Waals surface area contributed by atoms with E-state index in [1.807, 2.05) is 0 Å². The van der Waals surface area contributed by atoms with Crippen LogP contribution in [0.15, 0.2) is 0 Å². The summed E-state index contributed by atoms with van der Waals surface area (Å²) in [6.45, 7) is 7.61. The summed E-state index contributed by atoms with van der Waals surface area (Å²) in [6, 6.07) is 0.744. The highest BCUT2D eigenvalue weighted by atomic mass is 15.1. The summed E-state index contributed by atoms with van der Waals surface area (Å²) < 4.78 is 0. The van der Waals surface area contributed by atoms with Crippen LogP contribution >= 0.6 is 0 Å². The van der Waals surface area contributed by atoms with Crippen LogP contribution in [0.1, 0.15) is 58.3 Å². The Morgan fingerprint density at radius 2 is 1.76 bits per heavy atom. The molecule has 17 heavy (non-hydrogen) atoms. The molecule has 2 heteroatoms. The lowest BCUT2D eigenvalue weighted by Crippen LogP contribution is -2.36. The van der Waals surface area contributed by atoms with Crippen LogP contribution in [0.4, 0.5) is 0 Å². The molecule has 1 heterocycles. The van der Waals surface area contributed by atoms with Gasteiger partial charge in [0.2, 0.25) is 0 Å². The molecule has 1 saturated carbocycles. The highest BCUT2D eigenvalue weighted by Crippen LogP contribution is 2.26. The zero-order valence-electron chi connectivity index (χ0n) is 11.6. The largest absolute Gasteiger partial charge is 0.314 e. The molecule has 100 valence electrons. The van der Waals surface area contributed by atoms with E-state index in [1.165, 1.54) is 77.5 Å². The third kappa shape index (κ3) is 4.59. The molecule has 0 radical (unpaired) electrons. The van der Waals surface area contributed by atoms with E-state index >= 15 is 0 Å². The maximum absolute atomic E-state index is 3.75. The van der Waals surface area contributed by atoms with E-state index in [0.717, 1.165) is 12.0 Å². The Morgan fingerprint density at radius 1 is 1.06 bits per heavy atom. The van der Waals surface area contributed by atoms with Gasteiger partial charge in [0.05, 0.1) is 0 Å². The molecule has 0 spiro atoms. The molecule has 1 aliphatic heterocycles. The van der Waals surface area contributed by atoms with Gasteiger partial charge in [-0.1, -0.05) is 19.3 Å². The monoisotopic (exact) mass is 238 g/mol. The minimum atomic E-state index is 0.744. The van der Waals surface area contributed by atoms with Crippen LogP contribution in [0.3, 0.4) is 0 Å². The van der Waals surface area contributed by atoms with E-state index in [4.69, 9.17) is 0 Å². The standard InChI is InChI=1S/C15H30N2/c1-14(15-8-3-2-4-9-15)16-10-7-13-17-11-5-6-12-17/h14-16H,2-13H2,1H3. The van der Waals surface area contributed by atoms with Crippen LogP contribution in [0.2, 0.25) is 0 Å². The fraction of sp³-hybridized carbons (Fsp3) is 1.00. The van der Waals surface area contributed by atoms with E-state index in [9.17, 15) is 0 Å². The number of hydrogen-bond donors (Lipinski definition) is 1. The van der Waals surface area contributed by atoms with Crippen molar-refractivity contribution in [1.29, 1.82) is 0 Å². The third-order valence-corrected chi connectivity index (χ3v) is 4.67. The van der Waals surface area contributed by atoms with E-state index in [0.29, 0.717) is 0 Å². The first kappa shape index (κ1) is 13.4. The van der Waals surface area contributed by atoms with Crippen LogP contribution in [0, 0.1) is 5.92 Å². The highest BCUT2D eigenvalue weighted by Gasteiger charge is 2.19. The predicted octanol–water partition coefficient (Wildman–Crippen LogP) is 3.03. The van der Waals surface area contributed by atoms with Crippen molar-refractivity contribution in [2.45, 2.75) is 64.3 Å². The van der Waals surface area contributed by atoms with Gasteiger partial charge in [-0.05, 0) is 71.1 Å². The molecule has 1 N–H and O–H groups in total. The van der Waals surface area contributed by atoms with Crippen molar-refractivity contribution in [2.75, 3.05) is 26.2 Å². The number of rotatable bonds is 6. The Hall–Kier alpha value is -0.0800. The molecule has 1 unspecified atom stereocenters. The Balaban J connectivity index is 1.51. The zero-order chi connectivity index (χ0) is 11.9. The second kappa shape index (κ2) is 7.38. The first-order chi connectivity index (χ1) is 8.36. The first-order valence-electron chi connectivity index (χ1n) is 7.82. The summed E-state index contributed by atoms with van der Waals surface area (Å²) in [6.07, 6.45) is 11.5. The lowest BCUT2D eigenvalue weighted by atomic mass is 9.84. The molecule has 0 aromatic heterocycles. The van der Waals surface area contributed by atoms with Gasteiger partial charge in [0, 0.05) is 6.04 Å². The van der Waals surface area contributed by atoms with E-state index in [1.54, 1.807) is 0 Å². The van der Waals surface area contributed by atoms with Gasteiger partial charge in [0.1, 0.15) is 0 Å². The SMILES string of the molecule is CC(NCCCN1CCCC1)C1CCCCC1. The molecule has 1 saturated heterocycles. The van der Waals surface area contributed by atoms with Crippen molar-refractivity contribution in [3.05, 3.63) is 0 Å². The fourth-order valence-electron chi connectivity index (χ4n) is 3.44. The summed E-state index contributed by atoms with van der Waals surface area (Å²) in [7, 11) is 0. The topological polar surface area (TPSA) is 15.3 Å². The molecule has 2 fully saturated rings. The second-order valence-electron chi connectivity index (χ2n) is 6.04. The fourth-order valence-corrected chi connectivity index (χ4v) is 3.44. The van der Waals surface area contributed by atoms with Gasteiger partial charge in [-0.25, -0.2) is 0 Å². The molecular formula is C15H30N2. The van der Waals surface area contributed by atoms with Crippen LogP contribution in [0.25, 0.3) is 0 Å². The van der Waals surface area contributed by atoms with Gasteiger partial charge in [0.15, 0.2) is 0 Å². The first-order valence-corrected chi connectivity index (χ1v) is 7.82. The minimum Gasteiger partial charge on any atom is -0.314 e. The van der Waals surface area contributed by atoms with Crippen LogP contribution < -0.4 is 5.32 Å². The third-order valence-electron chi connectivity index (χ3n) is 4.67. The Kier molecular flexibility index (Phi) is 5.79. The Bertz CT molecular complexity index is 193. The second-order valence-corrected chi connectivity index (χ2v) is 6.04. The quantitative estimate of drug-likeness (QED) is 0.716. The molecular weight excluding hydrogens is 208 g/mol. The Labute approximate surface area is 107 Å². The number of hydrogen-bond acceptors (Lipinski definition) is 2. The molecule has 0 amide bonds. The average Bonchev–Trinajstić information content (AvgIpc) is 2.88. The van der Waals surface area contributed by atoms with Crippen molar-refractivity contribution < 1.29 is 0 Å². The maximum atomic E-state index is 3.75. The van der Waals surface area contributed by atoms with Crippen LogP contribution in [-0.4, -0.2) is 37.1 Å². The molecule has 2 rings (SSSR count). The van der Waals surface area contributed by atoms with E-state index in [-0.39, 0.29) is 0 Å². The summed E-state index contributed by atoms with van der Waals surface area (Å²) in [5, 5.41) is 3.75. The van der Waals surface area contributed by atoms with Crippen molar-refractivity contribution in [1.82, 2.24) is 10.2 Å². The summed E-state index contributed by atoms with van der Waals surface area (Å²) >= 11 is 0. The lowest BCUT2D eigenvalue weighted by Gasteiger charge is -2.28. The molecule has 2 nitrogen and oxygen atoms in total. The normalized spacial score (nSPS) is 25.2. The van der Waals surface area contributed by atoms with Gasteiger partial charge in [-0.15, -0.1) is 0 Å². The van der Waals surface area contributed by atoms with Crippen LogP contribution in [0.5, 0.6) is 0 Å². The molecule has 1 aliphatic carbocycles. The predicted molar refractivity (Wildman–Crippen MR) is 74.3 cm³/mol. The number of likely N-dealkylation sites (tertiary alicyclic amines) is 1. The summed E-state index contributed by atoms with van der Waals surface area (Å²) in [5.41, 5.74) is 0. The number of nitrogens with zero attached hydrogens (tertiary/aromatic N) is 1. The highest BCUT2D eigenvalue weighted by molar-refractivity contribution is 4.76. The molecule has 2 aliphatic rings. The molecule has 0 aromatic carbocycles. The van der Waals surface area contributed by atoms with E-state index < -0.39 is 0 Å². The van der Waals surface area contributed by atoms with Gasteiger partial charge < -0.3 is 10.2 Å². The van der Waals surface area contributed by atoms with Crippen LogP contribution in [-0.2, 0) is 0 Å². The summed E-state index contributed by atoms with van der Waals surface area (Å²) in [4.78, 5) is 2.62. The number of nitrogens with one attached hydrogen (secondary N) is 1. The van der Waals surface area contributed by atoms with Gasteiger partial charge in [0.25, 0.3) is 0 Å². The average molecular weight is 238 g/mol. The molecule has 0 bridgehead atoms. The smallest absolute Gasteiger partial charge is 0.00670 e. The van der Waals surface area contributed by atoms with Crippen molar-refractivity contribution in [2.24, 2.45) is 5.92 Å². The van der Waals surface area contributed by atoms with Gasteiger partial charge in [-0.3, -0.25) is 0 Å². The minimum absolute atomic E-state index is 0.744. The van der Waals surface area contributed by atoms with Crippen molar-refractivity contribution in [3.8, 4) is 0 Å².